The molecule has 0 N–H and O–H groups in total. The highest BCUT2D eigenvalue weighted by molar-refractivity contribution is 7.80. The summed E-state index contributed by atoms with van der Waals surface area (Å²) in [6, 6.07) is 6.82. The van der Waals surface area contributed by atoms with Crippen LogP contribution in [0.15, 0.2) is 40.3 Å². The molecule has 1 aromatic carbocycles. The third-order valence-electron chi connectivity index (χ3n) is 3.73. The van der Waals surface area contributed by atoms with Crippen molar-refractivity contribution in [2.75, 3.05) is 0 Å². The van der Waals surface area contributed by atoms with E-state index >= 15 is 0 Å². The van der Waals surface area contributed by atoms with Crippen LogP contribution in [-0.2, 0) is 30.0 Å². The molecule has 0 bridgehead atoms. The molecule has 2 amide bonds. The predicted molar refractivity (Wildman–Crippen MR) is 77.1 cm³/mol. The summed E-state index contributed by atoms with van der Waals surface area (Å²) in [6.45, 7) is 1.90. The minimum atomic E-state index is -1.92. The minimum Gasteiger partial charge on any atom is -0.266 e. The van der Waals surface area contributed by atoms with Crippen LogP contribution in [0.1, 0.15) is 31.2 Å². The number of imide groups is 1. The lowest BCUT2D eigenvalue weighted by Gasteiger charge is -2.11. The first-order valence-corrected chi connectivity index (χ1v) is 8.10. The van der Waals surface area contributed by atoms with Crippen LogP contribution in [0.25, 0.3) is 0 Å². The molecular weight excluding hydrogens is 306 g/mol. The van der Waals surface area contributed by atoms with Gasteiger partial charge >= 0.3 is 0 Å². The Balaban J connectivity index is 1.65. The Bertz CT molecular complexity index is 652. The fourth-order valence-electron chi connectivity index (χ4n) is 2.53. The van der Waals surface area contributed by atoms with Crippen LogP contribution >= 0.6 is 0 Å². The van der Waals surface area contributed by atoms with Crippen molar-refractivity contribution in [2.24, 2.45) is 0 Å². The van der Waals surface area contributed by atoms with E-state index in [4.69, 9.17) is 9.32 Å². The predicted octanol–water partition coefficient (Wildman–Crippen LogP) is 2.12. The maximum Gasteiger partial charge on any atom is 0.283 e. The average Bonchev–Trinajstić information content (AvgIpc) is 2.78. The maximum atomic E-state index is 12.1. The first-order chi connectivity index (χ1) is 10.6. The molecule has 1 atom stereocenters. The van der Waals surface area contributed by atoms with Gasteiger partial charge < -0.3 is 0 Å². The molecule has 2 aliphatic rings. The van der Waals surface area contributed by atoms with E-state index in [9.17, 15) is 13.8 Å². The third-order valence-corrected chi connectivity index (χ3v) is 4.57. The highest BCUT2D eigenvalue weighted by Gasteiger charge is 2.41. The fraction of sp³-hybridized carbons (Fsp3) is 0.333. The SMILES string of the molecule is Cc1ccc(S(=O)OON2C(=O)C3=C(CCCC3)C2=O)cc1. The quantitative estimate of drug-likeness (QED) is 0.482. The minimum absolute atomic E-state index is 0.391. The second kappa shape index (κ2) is 6.12. The zero-order valence-electron chi connectivity index (χ0n) is 12.0. The fourth-order valence-corrected chi connectivity index (χ4v) is 3.08. The summed E-state index contributed by atoms with van der Waals surface area (Å²) in [6.07, 6.45) is 2.89. The molecule has 0 spiro atoms. The molecule has 1 aliphatic heterocycles. The third kappa shape index (κ3) is 2.75. The van der Waals surface area contributed by atoms with Crippen molar-refractivity contribution in [3.05, 3.63) is 41.0 Å². The molecule has 1 aliphatic carbocycles. The molecule has 0 fully saturated rings. The summed E-state index contributed by atoms with van der Waals surface area (Å²) in [4.78, 5) is 29.3. The molecule has 0 radical (unpaired) electrons. The topological polar surface area (TPSA) is 72.9 Å². The monoisotopic (exact) mass is 321 g/mol. The molecule has 1 unspecified atom stereocenters. The molecule has 1 aromatic rings. The number of hydrogen-bond donors (Lipinski definition) is 0. The summed E-state index contributed by atoms with van der Waals surface area (Å²) in [5.74, 6) is -1.03. The van der Waals surface area contributed by atoms with Crippen LogP contribution in [-0.4, -0.2) is 21.1 Å². The Morgan fingerprint density at radius 1 is 1.00 bits per heavy atom. The van der Waals surface area contributed by atoms with Crippen LogP contribution in [0.4, 0.5) is 0 Å². The van der Waals surface area contributed by atoms with E-state index < -0.39 is 22.9 Å². The Kier molecular flexibility index (Phi) is 4.19. The van der Waals surface area contributed by atoms with Crippen molar-refractivity contribution in [3.63, 3.8) is 0 Å². The summed E-state index contributed by atoms with van der Waals surface area (Å²) in [5.41, 5.74) is 1.99. The number of aryl methyl sites for hydroxylation is 1. The van der Waals surface area contributed by atoms with Crippen molar-refractivity contribution in [3.8, 4) is 0 Å². The second-order valence-electron chi connectivity index (χ2n) is 5.26. The largest absolute Gasteiger partial charge is 0.283 e. The van der Waals surface area contributed by atoms with E-state index in [1.165, 1.54) is 0 Å². The zero-order chi connectivity index (χ0) is 15.7. The molecule has 116 valence electrons. The van der Waals surface area contributed by atoms with E-state index in [2.05, 4.69) is 0 Å². The van der Waals surface area contributed by atoms with E-state index in [1.54, 1.807) is 24.3 Å². The van der Waals surface area contributed by atoms with Gasteiger partial charge in [0.25, 0.3) is 11.8 Å². The van der Waals surface area contributed by atoms with Gasteiger partial charge in [-0.15, -0.1) is 9.40 Å². The number of nitrogens with zero attached hydrogens (tertiary/aromatic N) is 1. The molecule has 0 aromatic heterocycles. The number of carbonyl (C=O) groups excluding carboxylic acids is 2. The van der Waals surface area contributed by atoms with E-state index in [-0.39, 0.29) is 0 Å². The number of amides is 2. The summed E-state index contributed by atoms with van der Waals surface area (Å²) in [5, 5.41) is 0.558. The number of hydrogen-bond acceptors (Lipinski definition) is 5. The molecule has 22 heavy (non-hydrogen) atoms. The molecule has 0 saturated heterocycles. The normalized spacial score (nSPS) is 19.6. The lowest BCUT2D eigenvalue weighted by atomic mass is 9.93. The van der Waals surface area contributed by atoms with Gasteiger partial charge in [-0.3, -0.25) is 9.59 Å². The Hall–Kier alpha value is -1.83. The molecule has 1 heterocycles. The zero-order valence-corrected chi connectivity index (χ0v) is 12.9. The highest BCUT2D eigenvalue weighted by Crippen LogP contribution is 2.33. The average molecular weight is 321 g/mol. The van der Waals surface area contributed by atoms with Gasteiger partial charge in [0, 0.05) is 11.1 Å². The molecule has 0 saturated carbocycles. The molecule has 6 nitrogen and oxygen atoms in total. The van der Waals surface area contributed by atoms with Gasteiger partial charge in [0.15, 0.2) is 0 Å². The van der Waals surface area contributed by atoms with Gasteiger partial charge in [-0.05, 0) is 44.7 Å². The van der Waals surface area contributed by atoms with Crippen LogP contribution < -0.4 is 0 Å². The second-order valence-corrected chi connectivity index (χ2v) is 6.34. The number of benzene rings is 1. The van der Waals surface area contributed by atoms with Gasteiger partial charge in [-0.2, -0.15) is 0 Å². The van der Waals surface area contributed by atoms with Crippen molar-refractivity contribution < 1.29 is 23.1 Å². The summed E-state index contributed by atoms with van der Waals surface area (Å²) in [7, 11) is 0. The Labute approximate surface area is 130 Å². The van der Waals surface area contributed by atoms with E-state index in [0.29, 0.717) is 33.9 Å². The highest BCUT2D eigenvalue weighted by atomic mass is 32.2. The lowest BCUT2D eigenvalue weighted by molar-refractivity contribution is -0.326. The van der Waals surface area contributed by atoms with Gasteiger partial charge in [-0.1, -0.05) is 22.7 Å². The van der Waals surface area contributed by atoms with Crippen LogP contribution in [0.3, 0.4) is 0 Å². The first-order valence-electron chi connectivity index (χ1n) is 7.02. The van der Waals surface area contributed by atoms with Gasteiger partial charge in [0.05, 0.1) is 4.90 Å². The Morgan fingerprint density at radius 2 is 1.55 bits per heavy atom. The molecule has 7 heteroatoms. The van der Waals surface area contributed by atoms with Crippen molar-refractivity contribution in [1.82, 2.24) is 5.06 Å². The number of carbonyl (C=O) groups is 2. The standard InChI is InChI=1S/C15H15NO5S/c1-10-6-8-11(9-7-10)22(19)21-20-16-14(17)12-4-2-3-5-13(12)15(16)18/h6-9H,2-5H2,1H3. The molecular formula is C15H15NO5S. The van der Waals surface area contributed by atoms with Crippen LogP contribution in [0, 0.1) is 6.92 Å². The van der Waals surface area contributed by atoms with Gasteiger partial charge in [-0.25, -0.2) is 4.21 Å². The van der Waals surface area contributed by atoms with Crippen molar-refractivity contribution in [1.29, 1.82) is 0 Å². The molecule has 3 rings (SSSR count). The Morgan fingerprint density at radius 3 is 2.09 bits per heavy atom. The van der Waals surface area contributed by atoms with Crippen LogP contribution in [0.5, 0.6) is 0 Å². The lowest BCUT2D eigenvalue weighted by Crippen LogP contribution is -2.32. The van der Waals surface area contributed by atoms with Gasteiger partial charge in [0.2, 0.25) is 11.1 Å². The van der Waals surface area contributed by atoms with Crippen molar-refractivity contribution in [2.45, 2.75) is 37.5 Å². The maximum absolute atomic E-state index is 12.1. The number of hydroxylamine groups is 2. The van der Waals surface area contributed by atoms with E-state index in [1.807, 2.05) is 6.92 Å². The van der Waals surface area contributed by atoms with Crippen LogP contribution in [0.2, 0.25) is 0 Å². The summed E-state index contributed by atoms with van der Waals surface area (Å²) >= 11 is -1.92. The van der Waals surface area contributed by atoms with E-state index in [0.717, 1.165) is 18.4 Å². The first kappa shape index (κ1) is 15.1. The van der Waals surface area contributed by atoms with Gasteiger partial charge in [0.1, 0.15) is 0 Å². The number of rotatable bonds is 4. The van der Waals surface area contributed by atoms with Crippen molar-refractivity contribution >= 4 is 22.9 Å². The smallest absolute Gasteiger partial charge is 0.266 e. The summed E-state index contributed by atoms with van der Waals surface area (Å²) < 4.78 is 16.7.